The van der Waals surface area contributed by atoms with Gasteiger partial charge in [0, 0.05) is 55.3 Å². The maximum absolute atomic E-state index is 12.9. The van der Waals surface area contributed by atoms with Crippen LogP contribution in [-0.2, 0) is 0 Å². The normalized spacial score (nSPS) is 21.0. The molecule has 4 nitrogen and oxygen atoms in total. The molecule has 0 N–H and O–H groups in total. The van der Waals surface area contributed by atoms with Crippen LogP contribution in [0.15, 0.2) is 54.7 Å². The van der Waals surface area contributed by atoms with Gasteiger partial charge in [-0.1, -0.05) is 35.3 Å². The number of carbonyl (C=O) groups excluding carboxylic acids is 1. The van der Waals surface area contributed by atoms with Crippen molar-refractivity contribution in [3.8, 4) is 0 Å². The van der Waals surface area contributed by atoms with E-state index in [0.29, 0.717) is 34.5 Å². The second kappa shape index (κ2) is 11.6. The Bertz CT molecular complexity index is 1210. The number of piperidine rings is 2. The summed E-state index contributed by atoms with van der Waals surface area (Å²) in [4.78, 5) is 22.6. The summed E-state index contributed by atoms with van der Waals surface area (Å²) in [6.45, 7) is 6.78. The first-order valence-corrected chi connectivity index (χ1v) is 14.0. The molecular formula is C30H35Cl2N3O. The zero-order chi connectivity index (χ0) is 25.1. The third-order valence-electron chi connectivity index (χ3n) is 8.24. The predicted octanol–water partition coefficient (Wildman–Crippen LogP) is 7.44. The highest BCUT2D eigenvalue weighted by Gasteiger charge is 2.30. The first kappa shape index (κ1) is 25.7. The van der Waals surface area contributed by atoms with Crippen molar-refractivity contribution in [3.05, 3.63) is 75.9 Å². The fraction of sp³-hybridized carbons (Fsp3) is 0.467. The zero-order valence-corrected chi connectivity index (χ0v) is 22.5. The molecule has 0 aliphatic carbocycles. The van der Waals surface area contributed by atoms with Crippen LogP contribution in [0.5, 0.6) is 0 Å². The molecule has 0 bridgehead atoms. The van der Waals surface area contributed by atoms with E-state index in [-0.39, 0.29) is 5.78 Å². The summed E-state index contributed by atoms with van der Waals surface area (Å²) >= 11 is 12.4. The number of benzene rings is 2. The average Bonchev–Trinajstić information content (AvgIpc) is 2.93. The standard InChI is InChI=1S/C30H35Cl2N3O/c1-21(23-7-9-27(31)28(32)19-23)34-16-12-26(13-17-34)35-15-3-4-22(20-35)6-11-30(36)25-8-10-29-24(18-25)5-2-14-33-29/h2,5,7-10,14,18-19,21-22,26H,3-4,6,11-13,15-17,20H2,1H3. The van der Waals surface area contributed by atoms with Crippen molar-refractivity contribution < 1.29 is 4.79 Å². The molecule has 2 aliphatic rings. The van der Waals surface area contributed by atoms with Crippen LogP contribution in [0.2, 0.25) is 10.0 Å². The van der Waals surface area contributed by atoms with Crippen molar-refractivity contribution in [2.24, 2.45) is 5.92 Å². The summed E-state index contributed by atoms with van der Waals surface area (Å²) in [5.74, 6) is 0.862. The van der Waals surface area contributed by atoms with Gasteiger partial charge in [0.25, 0.3) is 0 Å². The smallest absolute Gasteiger partial charge is 0.162 e. The summed E-state index contributed by atoms with van der Waals surface area (Å²) < 4.78 is 0. The van der Waals surface area contributed by atoms with Gasteiger partial charge in [-0.05, 0) is 93.5 Å². The van der Waals surface area contributed by atoms with Gasteiger partial charge in [0.1, 0.15) is 0 Å². The number of aromatic nitrogens is 1. The molecule has 3 heterocycles. The Morgan fingerprint density at radius 1 is 1.03 bits per heavy atom. The fourth-order valence-corrected chi connectivity index (χ4v) is 6.32. The number of hydrogen-bond acceptors (Lipinski definition) is 4. The van der Waals surface area contributed by atoms with E-state index in [2.05, 4.69) is 27.8 Å². The molecule has 2 saturated heterocycles. The van der Waals surface area contributed by atoms with Gasteiger partial charge in [0.05, 0.1) is 15.6 Å². The SMILES string of the molecule is CC(c1ccc(Cl)c(Cl)c1)N1CCC(N2CCCC(CCC(=O)c3ccc4ncccc4c3)C2)CC1. The molecule has 0 spiro atoms. The Labute approximate surface area is 224 Å². The molecule has 2 fully saturated rings. The topological polar surface area (TPSA) is 36.4 Å². The highest BCUT2D eigenvalue weighted by Crippen LogP contribution is 2.32. The number of carbonyl (C=O) groups is 1. The van der Waals surface area contributed by atoms with Gasteiger partial charge in [0.2, 0.25) is 0 Å². The van der Waals surface area contributed by atoms with Gasteiger partial charge >= 0.3 is 0 Å². The summed E-state index contributed by atoms with van der Waals surface area (Å²) in [7, 11) is 0. The van der Waals surface area contributed by atoms with Crippen molar-refractivity contribution in [2.75, 3.05) is 26.2 Å². The van der Waals surface area contributed by atoms with Crippen LogP contribution >= 0.6 is 23.2 Å². The van der Waals surface area contributed by atoms with Crippen LogP contribution in [0.25, 0.3) is 10.9 Å². The number of likely N-dealkylation sites (tertiary alicyclic amines) is 2. The first-order valence-electron chi connectivity index (χ1n) is 13.3. The van der Waals surface area contributed by atoms with Gasteiger partial charge in [-0.3, -0.25) is 14.7 Å². The largest absolute Gasteiger partial charge is 0.300 e. The van der Waals surface area contributed by atoms with E-state index < -0.39 is 0 Å². The molecule has 0 amide bonds. The Kier molecular flexibility index (Phi) is 8.27. The number of ketones is 1. The minimum Gasteiger partial charge on any atom is -0.300 e. The summed E-state index contributed by atoms with van der Waals surface area (Å²) in [5.41, 5.74) is 2.98. The quantitative estimate of drug-likeness (QED) is 0.301. The lowest BCUT2D eigenvalue weighted by Gasteiger charge is -2.43. The highest BCUT2D eigenvalue weighted by atomic mass is 35.5. The minimum atomic E-state index is 0.252. The number of halogens is 2. The fourth-order valence-electron chi connectivity index (χ4n) is 6.01. The molecule has 2 unspecified atom stereocenters. The van der Waals surface area contributed by atoms with Crippen LogP contribution in [0, 0.1) is 5.92 Å². The second-order valence-electron chi connectivity index (χ2n) is 10.5. The minimum absolute atomic E-state index is 0.252. The van der Waals surface area contributed by atoms with Crippen molar-refractivity contribution in [3.63, 3.8) is 0 Å². The van der Waals surface area contributed by atoms with Crippen molar-refractivity contribution >= 4 is 39.9 Å². The van der Waals surface area contributed by atoms with Crippen molar-refractivity contribution in [1.82, 2.24) is 14.8 Å². The number of nitrogens with zero attached hydrogens (tertiary/aromatic N) is 3. The summed E-state index contributed by atoms with van der Waals surface area (Å²) in [6, 6.07) is 16.8. The van der Waals surface area contributed by atoms with Crippen LogP contribution in [-0.4, -0.2) is 52.8 Å². The molecule has 1 aromatic heterocycles. The summed E-state index contributed by atoms with van der Waals surface area (Å²) in [5, 5.41) is 2.28. The lowest BCUT2D eigenvalue weighted by Crippen LogP contribution is -2.48. The number of rotatable bonds is 7. The number of Topliss-reactive ketones (excluding diaryl/α,β-unsaturated/α-hetero) is 1. The maximum atomic E-state index is 12.9. The second-order valence-corrected chi connectivity index (χ2v) is 11.3. The molecule has 2 aliphatic heterocycles. The van der Waals surface area contributed by atoms with E-state index in [1.807, 2.05) is 42.5 Å². The Morgan fingerprint density at radius 2 is 1.86 bits per heavy atom. The van der Waals surface area contributed by atoms with Crippen LogP contribution in [0.4, 0.5) is 0 Å². The molecular weight excluding hydrogens is 489 g/mol. The van der Waals surface area contributed by atoms with E-state index >= 15 is 0 Å². The van der Waals surface area contributed by atoms with Gasteiger partial charge < -0.3 is 4.90 Å². The number of pyridine rings is 1. The van der Waals surface area contributed by atoms with Crippen molar-refractivity contribution in [2.45, 2.75) is 57.5 Å². The van der Waals surface area contributed by atoms with Gasteiger partial charge in [-0.25, -0.2) is 0 Å². The van der Waals surface area contributed by atoms with Crippen molar-refractivity contribution in [1.29, 1.82) is 0 Å². The van der Waals surface area contributed by atoms with E-state index in [1.54, 1.807) is 6.20 Å². The van der Waals surface area contributed by atoms with E-state index in [1.165, 1.54) is 37.8 Å². The van der Waals surface area contributed by atoms with Crippen LogP contribution < -0.4 is 0 Å². The average molecular weight is 525 g/mol. The lowest BCUT2D eigenvalue weighted by molar-refractivity contribution is 0.0565. The van der Waals surface area contributed by atoms with E-state index in [0.717, 1.165) is 42.5 Å². The van der Waals surface area contributed by atoms with Crippen LogP contribution in [0.1, 0.15) is 67.4 Å². The lowest BCUT2D eigenvalue weighted by atomic mass is 9.89. The molecule has 36 heavy (non-hydrogen) atoms. The Hall–Kier alpha value is -1.98. The monoisotopic (exact) mass is 523 g/mol. The zero-order valence-electron chi connectivity index (χ0n) is 21.0. The van der Waals surface area contributed by atoms with E-state index in [9.17, 15) is 4.79 Å². The third-order valence-corrected chi connectivity index (χ3v) is 8.98. The molecule has 0 radical (unpaired) electrons. The van der Waals surface area contributed by atoms with Gasteiger partial charge in [-0.2, -0.15) is 0 Å². The molecule has 0 saturated carbocycles. The first-order chi connectivity index (χ1) is 17.5. The molecule has 190 valence electrons. The van der Waals surface area contributed by atoms with Gasteiger partial charge in [0.15, 0.2) is 5.78 Å². The van der Waals surface area contributed by atoms with Crippen LogP contribution in [0.3, 0.4) is 0 Å². The molecule has 3 aromatic rings. The number of hydrogen-bond donors (Lipinski definition) is 0. The molecule has 5 rings (SSSR count). The maximum Gasteiger partial charge on any atom is 0.162 e. The van der Waals surface area contributed by atoms with Gasteiger partial charge in [-0.15, -0.1) is 0 Å². The predicted molar refractivity (Wildman–Crippen MR) is 149 cm³/mol. The van der Waals surface area contributed by atoms with E-state index in [4.69, 9.17) is 23.2 Å². The molecule has 2 aromatic carbocycles. The Morgan fingerprint density at radius 3 is 2.67 bits per heavy atom. The molecule has 6 heteroatoms. The third kappa shape index (κ3) is 5.94. The molecule has 2 atom stereocenters. The Balaban J connectivity index is 1.11. The number of fused-ring (bicyclic) bond motifs is 1. The highest BCUT2D eigenvalue weighted by molar-refractivity contribution is 6.42. The summed E-state index contributed by atoms with van der Waals surface area (Å²) in [6.07, 6.45) is 8.26.